The lowest BCUT2D eigenvalue weighted by Gasteiger charge is -2.24. The smallest absolute Gasteiger partial charge is 0.227 e. The molecule has 27 heavy (non-hydrogen) atoms. The average Bonchev–Trinajstić information content (AvgIpc) is 3.17. The highest BCUT2D eigenvalue weighted by Crippen LogP contribution is 2.27. The zero-order chi connectivity index (χ0) is 18.8. The number of hydrogen-bond acceptors (Lipinski definition) is 3. The molecule has 8 heteroatoms. The van der Waals surface area contributed by atoms with E-state index in [1.165, 1.54) is 0 Å². The highest BCUT2D eigenvalue weighted by Gasteiger charge is 2.29. The number of aryl methyl sites for hydroxylation is 1. The van der Waals surface area contributed by atoms with Gasteiger partial charge in [-0.25, -0.2) is 4.68 Å². The topological polar surface area (TPSA) is 50.2 Å². The Kier molecular flexibility index (Phi) is 7.57. The van der Waals surface area contributed by atoms with Gasteiger partial charge in [0.2, 0.25) is 5.91 Å². The average molecular weight is 432 g/mol. The SMILES string of the molecule is CNCC1CCCN1C(=O)Cc1c(C)nn(-c2ccc(Cl)c(Cl)c2)c1C.Cl. The summed E-state index contributed by atoms with van der Waals surface area (Å²) in [5, 5.41) is 8.80. The number of carbonyl (C=O) groups is 1. The normalized spacial score (nSPS) is 16.5. The molecule has 1 fully saturated rings. The highest BCUT2D eigenvalue weighted by atomic mass is 35.5. The molecule has 1 amide bonds. The molecule has 0 aliphatic carbocycles. The zero-order valence-corrected chi connectivity index (χ0v) is 18.1. The number of likely N-dealkylation sites (N-methyl/N-ethyl adjacent to an activating group) is 1. The van der Waals surface area contributed by atoms with E-state index in [2.05, 4.69) is 10.4 Å². The van der Waals surface area contributed by atoms with Gasteiger partial charge >= 0.3 is 0 Å². The number of aromatic nitrogens is 2. The second-order valence-electron chi connectivity index (χ2n) is 6.78. The first-order chi connectivity index (χ1) is 12.4. The summed E-state index contributed by atoms with van der Waals surface area (Å²) in [5.41, 5.74) is 3.65. The summed E-state index contributed by atoms with van der Waals surface area (Å²) in [6, 6.07) is 5.71. The Bertz CT molecular complexity index is 822. The maximum Gasteiger partial charge on any atom is 0.227 e. The monoisotopic (exact) mass is 430 g/mol. The van der Waals surface area contributed by atoms with Crippen LogP contribution in [0.5, 0.6) is 0 Å². The van der Waals surface area contributed by atoms with Gasteiger partial charge in [0, 0.05) is 30.4 Å². The molecule has 0 saturated carbocycles. The van der Waals surface area contributed by atoms with Gasteiger partial charge in [0.1, 0.15) is 0 Å². The molecule has 2 heterocycles. The Hall–Kier alpha value is -1.27. The second kappa shape index (κ2) is 9.28. The van der Waals surface area contributed by atoms with E-state index in [0.717, 1.165) is 48.6 Å². The summed E-state index contributed by atoms with van der Waals surface area (Å²) in [7, 11) is 1.93. The van der Waals surface area contributed by atoms with Crippen molar-refractivity contribution in [1.29, 1.82) is 0 Å². The van der Waals surface area contributed by atoms with Crippen molar-refractivity contribution >= 4 is 41.5 Å². The number of hydrogen-bond donors (Lipinski definition) is 1. The maximum absolute atomic E-state index is 12.9. The lowest BCUT2D eigenvalue weighted by molar-refractivity contribution is -0.131. The molecule has 3 rings (SSSR count). The molecule has 1 aliphatic rings. The highest BCUT2D eigenvalue weighted by molar-refractivity contribution is 6.42. The number of likely N-dealkylation sites (tertiary alicyclic amines) is 1. The Labute approximate surface area is 176 Å². The molecule has 1 unspecified atom stereocenters. The Morgan fingerprint density at radius 3 is 2.70 bits per heavy atom. The van der Waals surface area contributed by atoms with Gasteiger partial charge in [-0.3, -0.25) is 4.79 Å². The molecule has 1 aliphatic heterocycles. The summed E-state index contributed by atoms with van der Waals surface area (Å²) in [6.07, 6.45) is 2.50. The lowest BCUT2D eigenvalue weighted by atomic mass is 10.1. The fourth-order valence-corrected chi connectivity index (χ4v) is 3.96. The van der Waals surface area contributed by atoms with E-state index >= 15 is 0 Å². The molecule has 1 saturated heterocycles. The Balaban J connectivity index is 0.00000261. The fraction of sp³-hybridized carbons (Fsp3) is 0.474. The summed E-state index contributed by atoms with van der Waals surface area (Å²) < 4.78 is 1.83. The summed E-state index contributed by atoms with van der Waals surface area (Å²) in [4.78, 5) is 14.9. The molecule has 0 spiro atoms. The first-order valence-corrected chi connectivity index (χ1v) is 9.62. The second-order valence-corrected chi connectivity index (χ2v) is 7.59. The van der Waals surface area contributed by atoms with Crippen LogP contribution in [0.2, 0.25) is 10.0 Å². The van der Waals surface area contributed by atoms with Gasteiger partial charge in [0.05, 0.1) is 27.8 Å². The minimum atomic E-state index is 0. The van der Waals surface area contributed by atoms with E-state index in [-0.39, 0.29) is 18.3 Å². The van der Waals surface area contributed by atoms with Crippen LogP contribution >= 0.6 is 35.6 Å². The molecular formula is C19H25Cl3N4O. The van der Waals surface area contributed by atoms with Gasteiger partial charge in [0.15, 0.2) is 0 Å². The molecular weight excluding hydrogens is 407 g/mol. The van der Waals surface area contributed by atoms with Crippen molar-refractivity contribution < 1.29 is 4.79 Å². The number of nitrogens with one attached hydrogen (secondary N) is 1. The lowest BCUT2D eigenvalue weighted by Crippen LogP contribution is -2.41. The Morgan fingerprint density at radius 1 is 1.30 bits per heavy atom. The largest absolute Gasteiger partial charge is 0.338 e. The number of carbonyl (C=O) groups excluding carboxylic acids is 1. The van der Waals surface area contributed by atoms with Crippen molar-refractivity contribution in [2.24, 2.45) is 0 Å². The zero-order valence-electron chi connectivity index (χ0n) is 15.8. The van der Waals surface area contributed by atoms with Crippen molar-refractivity contribution in [3.63, 3.8) is 0 Å². The minimum absolute atomic E-state index is 0. The van der Waals surface area contributed by atoms with Crippen molar-refractivity contribution in [1.82, 2.24) is 20.0 Å². The molecule has 5 nitrogen and oxygen atoms in total. The summed E-state index contributed by atoms with van der Waals surface area (Å²) >= 11 is 12.1. The van der Waals surface area contributed by atoms with Crippen molar-refractivity contribution in [2.75, 3.05) is 20.1 Å². The van der Waals surface area contributed by atoms with Crippen LogP contribution in [0.4, 0.5) is 0 Å². The van der Waals surface area contributed by atoms with E-state index in [4.69, 9.17) is 23.2 Å². The van der Waals surface area contributed by atoms with Crippen LogP contribution in [-0.2, 0) is 11.2 Å². The van der Waals surface area contributed by atoms with Crippen LogP contribution in [-0.4, -0.2) is 46.8 Å². The molecule has 1 N–H and O–H groups in total. The number of amides is 1. The standard InChI is InChI=1S/C19H24Cl2N4O.ClH/c1-12-16(10-19(26)24-8-4-5-15(24)11-22-3)13(2)25(23-12)14-6-7-17(20)18(21)9-14;/h6-7,9,15,22H,4-5,8,10-11H2,1-3H3;1H. The van der Waals surface area contributed by atoms with E-state index in [0.29, 0.717) is 22.5 Å². The molecule has 1 aromatic heterocycles. The third-order valence-corrected chi connectivity index (χ3v) is 5.79. The molecule has 2 aromatic rings. The van der Waals surface area contributed by atoms with E-state index < -0.39 is 0 Å². The summed E-state index contributed by atoms with van der Waals surface area (Å²) in [5.74, 6) is 0.169. The van der Waals surface area contributed by atoms with E-state index in [1.807, 2.05) is 36.5 Å². The van der Waals surface area contributed by atoms with Gasteiger partial charge in [-0.15, -0.1) is 12.4 Å². The predicted molar refractivity (Wildman–Crippen MR) is 113 cm³/mol. The van der Waals surface area contributed by atoms with Crippen LogP contribution in [0.1, 0.15) is 29.8 Å². The first-order valence-electron chi connectivity index (χ1n) is 8.87. The number of rotatable bonds is 5. The Morgan fingerprint density at radius 2 is 2.04 bits per heavy atom. The molecule has 0 radical (unpaired) electrons. The van der Waals surface area contributed by atoms with Crippen molar-refractivity contribution in [3.05, 3.63) is 45.2 Å². The van der Waals surface area contributed by atoms with Crippen molar-refractivity contribution in [3.8, 4) is 5.69 Å². The van der Waals surface area contributed by atoms with Crippen LogP contribution < -0.4 is 5.32 Å². The fourth-order valence-electron chi connectivity index (χ4n) is 3.66. The molecule has 0 bridgehead atoms. The van der Waals surface area contributed by atoms with Crippen LogP contribution in [0.25, 0.3) is 5.69 Å². The number of benzene rings is 1. The van der Waals surface area contributed by atoms with Crippen LogP contribution in [0, 0.1) is 13.8 Å². The molecule has 148 valence electrons. The number of nitrogens with zero attached hydrogens (tertiary/aromatic N) is 3. The van der Waals surface area contributed by atoms with Gasteiger partial charge in [-0.05, 0) is 51.9 Å². The van der Waals surface area contributed by atoms with Gasteiger partial charge in [0.25, 0.3) is 0 Å². The molecule has 1 atom stereocenters. The van der Waals surface area contributed by atoms with E-state index in [1.54, 1.807) is 12.1 Å². The van der Waals surface area contributed by atoms with Crippen molar-refractivity contribution in [2.45, 2.75) is 39.2 Å². The quantitative estimate of drug-likeness (QED) is 0.779. The van der Waals surface area contributed by atoms with Gasteiger partial charge in [-0.2, -0.15) is 5.10 Å². The summed E-state index contributed by atoms with van der Waals surface area (Å²) in [6.45, 7) is 5.61. The van der Waals surface area contributed by atoms with Crippen LogP contribution in [0.15, 0.2) is 18.2 Å². The molecule has 1 aromatic carbocycles. The van der Waals surface area contributed by atoms with Gasteiger partial charge in [-0.1, -0.05) is 23.2 Å². The third-order valence-electron chi connectivity index (χ3n) is 5.05. The van der Waals surface area contributed by atoms with Gasteiger partial charge < -0.3 is 10.2 Å². The maximum atomic E-state index is 12.9. The van der Waals surface area contributed by atoms with E-state index in [9.17, 15) is 4.79 Å². The minimum Gasteiger partial charge on any atom is -0.338 e. The predicted octanol–water partition coefficient (Wildman–Crippen LogP) is 3.97. The first kappa shape index (κ1) is 22.0. The number of halogens is 3. The van der Waals surface area contributed by atoms with Crippen LogP contribution in [0.3, 0.4) is 0 Å². The third kappa shape index (κ3) is 4.60.